The number of carboxylic acid groups (broad SMARTS) is 1. The van der Waals surface area contributed by atoms with Crippen LogP contribution in [0.2, 0.25) is 5.02 Å². The highest BCUT2D eigenvalue weighted by molar-refractivity contribution is 6.33. The summed E-state index contributed by atoms with van der Waals surface area (Å²) in [5.74, 6) is -1.00. The third-order valence-corrected chi connectivity index (χ3v) is 8.34. The summed E-state index contributed by atoms with van der Waals surface area (Å²) < 4.78 is 6.17. The molecule has 42 heavy (non-hydrogen) atoms. The topological polar surface area (TPSA) is 87.7 Å². The number of fused-ring (bicyclic) bond motifs is 4. The molecule has 5 nitrogen and oxygen atoms in total. The Labute approximate surface area is 245 Å². The Hall–Kier alpha value is -5.13. The minimum atomic E-state index is -1.09. The summed E-state index contributed by atoms with van der Waals surface area (Å²) in [6.45, 7) is 3.91. The van der Waals surface area contributed by atoms with Gasteiger partial charge in [-0.15, -0.1) is 0 Å². The van der Waals surface area contributed by atoms with E-state index in [2.05, 4.69) is 19.1 Å². The van der Waals surface area contributed by atoms with Gasteiger partial charge in [-0.3, -0.25) is 4.79 Å². The quantitative estimate of drug-likeness (QED) is 0.207. The number of carbonyl (C=O) groups is 1. The summed E-state index contributed by atoms with van der Waals surface area (Å²) in [5, 5.41) is 25.1. The monoisotopic (exact) mass is 570 g/mol. The minimum Gasteiger partial charge on any atom is -0.506 e. The predicted octanol–water partition coefficient (Wildman–Crippen LogP) is 9.21. The molecule has 7 rings (SSSR count). The van der Waals surface area contributed by atoms with E-state index in [1.807, 2.05) is 49.4 Å². The maximum atomic E-state index is 13.9. The Balaban J connectivity index is 1.69. The van der Waals surface area contributed by atoms with E-state index in [1.54, 1.807) is 24.3 Å². The molecule has 1 aliphatic heterocycles. The molecular formula is C36H23ClO5. The third-order valence-electron chi connectivity index (χ3n) is 8.03. The molecule has 1 heterocycles. The lowest BCUT2D eigenvalue weighted by Gasteiger charge is -2.20. The number of hydrogen-bond acceptors (Lipinski definition) is 4. The molecule has 0 bridgehead atoms. The van der Waals surface area contributed by atoms with Crippen molar-refractivity contribution in [1.82, 2.24) is 0 Å². The lowest BCUT2D eigenvalue weighted by molar-refractivity contribution is 0.0697. The zero-order chi connectivity index (χ0) is 29.3. The second kappa shape index (κ2) is 9.47. The molecule has 204 valence electrons. The molecule has 0 unspecified atom stereocenters. The first-order valence-corrected chi connectivity index (χ1v) is 13.8. The van der Waals surface area contributed by atoms with Crippen LogP contribution in [0.4, 0.5) is 0 Å². The fourth-order valence-electron chi connectivity index (χ4n) is 6.10. The van der Waals surface area contributed by atoms with Gasteiger partial charge in [0, 0.05) is 39.8 Å². The first-order chi connectivity index (χ1) is 20.2. The third kappa shape index (κ3) is 3.85. The number of halogens is 1. The highest BCUT2D eigenvalue weighted by Crippen LogP contribution is 2.46. The van der Waals surface area contributed by atoms with E-state index >= 15 is 0 Å². The molecule has 1 aliphatic carbocycles. The van der Waals surface area contributed by atoms with E-state index in [-0.39, 0.29) is 33.1 Å². The predicted molar refractivity (Wildman–Crippen MR) is 168 cm³/mol. The summed E-state index contributed by atoms with van der Waals surface area (Å²) in [4.78, 5) is 26.4. The number of phenols is 1. The van der Waals surface area contributed by atoms with Gasteiger partial charge in [-0.25, -0.2) is 4.79 Å². The smallest absolute Gasteiger partial charge is 0.336 e. The molecule has 2 aliphatic rings. The number of aromatic carboxylic acids is 1. The zero-order valence-corrected chi connectivity index (χ0v) is 23.4. The van der Waals surface area contributed by atoms with Crippen molar-refractivity contribution in [3.05, 3.63) is 123 Å². The molecular weight excluding hydrogens is 548 g/mol. The lowest BCUT2D eigenvalue weighted by atomic mass is 9.85. The zero-order valence-electron chi connectivity index (χ0n) is 22.7. The highest BCUT2D eigenvalue weighted by atomic mass is 35.5. The van der Waals surface area contributed by atoms with Gasteiger partial charge < -0.3 is 14.6 Å². The van der Waals surface area contributed by atoms with E-state index in [4.69, 9.17) is 16.0 Å². The molecule has 0 aromatic heterocycles. The number of phenolic OH excluding ortho intramolecular Hbond substituents is 1. The summed E-state index contributed by atoms with van der Waals surface area (Å²) >= 11 is 6.37. The molecule has 5 aromatic carbocycles. The average molecular weight is 571 g/mol. The molecule has 0 spiro atoms. The summed E-state index contributed by atoms with van der Waals surface area (Å²) in [6, 6.07) is 27.4. The fraction of sp³-hybridized carbons (Fsp3) is 0.0556. The van der Waals surface area contributed by atoms with Crippen LogP contribution in [0.5, 0.6) is 5.75 Å². The van der Waals surface area contributed by atoms with Crippen molar-refractivity contribution in [2.75, 3.05) is 0 Å². The molecule has 0 saturated carbocycles. The summed E-state index contributed by atoms with van der Waals surface area (Å²) in [6.07, 6.45) is 0. The summed E-state index contributed by atoms with van der Waals surface area (Å²) in [7, 11) is 0. The first kappa shape index (κ1) is 25.8. The Kier molecular flexibility index (Phi) is 5.82. The van der Waals surface area contributed by atoms with E-state index in [1.165, 1.54) is 12.1 Å². The SMILES string of the molecule is Cc1ccc(-c2c3cc(-c4c5ccccc5c(C)c5ccccc45)c(=O)cc-3oc3cc(O)c(Cl)cc23)c(C(=O)O)c1. The number of rotatable bonds is 3. The van der Waals surface area contributed by atoms with Gasteiger partial charge in [0.2, 0.25) is 0 Å². The van der Waals surface area contributed by atoms with Gasteiger partial charge in [-0.05, 0) is 64.7 Å². The van der Waals surface area contributed by atoms with Gasteiger partial charge in [-0.2, -0.15) is 0 Å². The van der Waals surface area contributed by atoms with E-state index in [0.717, 1.165) is 38.2 Å². The second-order valence-electron chi connectivity index (χ2n) is 10.6. The minimum absolute atomic E-state index is 0.0958. The molecule has 2 N–H and O–H groups in total. The van der Waals surface area contributed by atoms with Crippen molar-refractivity contribution in [2.45, 2.75) is 13.8 Å². The maximum Gasteiger partial charge on any atom is 0.336 e. The standard InChI is InChI=1S/C36H23ClO5/c1-18-11-12-24(25(13-18)36(40)41)35-27-14-26(30(38)16-32(27)42-33-17-31(39)29(37)15-28(33)35)34-22-9-5-3-7-20(22)19(2)21-8-4-6-10-23(21)34/h3-17,39H,1-2H3,(H,40,41). The van der Waals surface area contributed by atoms with Gasteiger partial charge in [-0.1, -0.05) is 77.8 Å². The maximum absolute atomic E-state index is 13.9. The second-order valence-corrected chi connectivity index (χ2v) is 11.0. The van der Waals surface area contributed by atoms with Gasteiger partial charge in [0.15, 0.2) is 5.43 Å². The Bertz CT molecular complexity index is 2240. The van der Waals surface area contributed by atoms with Gasteiger partial charge in [0.25, 0.3) is 0 Å². The average Bonchev–Trinajstić information content (AvgIpc) is 2.97. The molecule has 0 fully saturated rings. The Morgan fingerprint density at radius 3 is 2.00 bits per heavy atom. The first-order valence-electron chi connectivity index (χ1n) is 13.4. The highest BCUT2D eigenvalue weighted by Gasteiger charge is 2.25. The molecule has 0 amide bonds. The van der Waals surface area contributed by atoms with Crippen molar-refractivity contribution in [3.63, 3.8) is 0 Å². The fourth-order valence-corrected chi connectivity index (χ4v) is 6.27. The molecule has 0 radical (unpaired) electrons. The molecule has 6 heteroatoms. The van der Waals surface area contributed by atoms with Crippen LogP contribution in [-0.4, -0.2) is 16.2 Å². The van der Waals surface area contributed by atoms with E-state index in [0.29, 0.717) is 27.6 Å². The van der Waals surface area contributed by atoms with Crippen molar-refractivity contribution < 1.29 is 19.4 Å². The Morgan fingerprint density at radius 2 is 1.36 bits per heavy atom. The molecule has 0 atom stereocenters. The van der Waals surface area contributed by atoms with Crippen LogP contribution in [0.1, 0.15) is 21.5 Å². The van der Waals surface area contributed by atoms with Crippen molar-refractivity contribution in [1.29, 1.82) is 0 Å². The van der Waals surface area contributed by atoms with E-state index in [9.17, 15) is 19.8 Å². The largest absolute Gasteiger partial charge is 0.506 e. The van der Waals surface area contributed by atoms with Gasteiger partial charge in [0.1, 0.15) is 17.1 Å². The van der Waals surface area contributed by atoms with Crippen molar-refractivity contribution in [2.24, 2.45) is 0 Å². The van der Waals surface area contributed by atoms with Crippen molar-refractivity contribution >= 4 is 50.1 Å². The lowest BCUT2D eigenvalue weighted by Crippen LogP contribution is -2.08. The van der Waals surface area contributed by atoms with Crippen LogP contribution in [0.3, 0.4) is 0 Å². The van der Waals surface area contributed by atoms with Crippen LogP contribution < -0.4 is 5.43 Å². The van der Waals surface area contributed by atoms with Gasteiger partial charge in [0.05, 0.1) is 10.6 Å². The van der Waals surface area contributed by atoms with Crippen LogP contribution in [-0.2, 0) is 0 Å². The number of benzene rings is 6. The number of hydrogen-bond donors (Lipinski definition) is 2. The van der Waals surface area contributed by atoms with Crippen LogP contribution >= 0.6 is 11.6 Å². The normalized spacial score (nSPS) is 11.6. The van der Waals surface area contributed by atoms with Crippen LogP contribution in [0.25, 0.3) is 66.1 Å². The van der Waals surface area contributed by atoms with Crippen LogP contribution in [0, 0.1) is 13.8 Å². The number of aryl methyl sites for hydroxylation is 2. The van der Waals surface area contributed by atoms with Crippen LogP contribution in [0.15, 0.2) is 100 Å². The van der Waals surface area contributed by atoms with E-state index < -0.39 is 5.97 Å². The molecule has 0 saturated heterocycles. The van der Waals surface area contributed by atoms with Gasteiger partial charge >= 0.3 is 5.97 Å². The Morgan fingerprint density at radius 1 is 0.714 bits per heavy atom. The number of aromatic hydroxyl groups is 1. The molecule has 5 aromatic rings. The number of carboxylic acids is 1. The summed E-state index contributed by atoms with van der Waals surface area (Å²) in [5.41, 5.74) is 4.88. The van der Waals surface area contributed by atoms with Crippen molar-refractivity contribution in [3.8, 4) is 39.3 Å².